The van der Waals surface area contributed by atoms with E-state index in [9.17, 15) is 24.5 Å². The minimum Gasteiger partial charge on any atom is -0.454 e. The molecule has 2 heterocycles. The van der Waals surface area contributed by atoms with Crippen molar-refractivity contribution in [2.75, 3.05) is 18.7 Å². The zero-order valence-electron chi connectivity index (χ0n) is 17.0. The van der Waals surface area contributed by atoms with Crippen molar-refractivity contribution >= 4 is 46.3 Å². The molecule has 0 bridgehead atoms. The van der Waals surface area contributed by atoms with Gasteiger partial charge in [-0.15, -0.1) is 0 Å². The SMILES string of the molecule is Cc1ccc(NC(=O)CN2C(=O)S/C(=C\c3cc4c(cc3[N+](=O)[O-])OCO4)C2=O)cc1C. The fraction of sp³-hybridized carbons (Fsp3) is 0.190. The highest BCUT2D eigenvalue weighted by molar-refractivity contribution is 8.18. The van der Waals surface area contributed by atoms with Crippen molar-refractivity contribution in [1.29, 1.82) is 0 Å². The average Bonchev–Trinajstić information content (AvgIpc) is 3.29. The lowest BCUT2D eigenvalue weighted by molar-refractivity contribution is -0.385. The Balaban J connectivity index is 1.53. The number of carbonyl (C=O) groups excluding carboxylic acids is 3. The van der Waals surface area contributed by atoms with E-state index in [4.69, 9.17) is 9.47 Å². The number of anilines is 1. The lowest BCUT2D eigenvalue weighted by Crippen LogP contribution is -2.36. The predicted octanol–water partition coefficient (Wildman–Crippen LogP) is 3.62. The van der Waals surface area contributed by atoms with Gasteiger partial charge in [0, 0.05) is 5.69 Å². The maximum Gasteiger partial charge on any atom is 0.294 e. The second-order valence-corrected chi connectivity index (χ2v) is 8.13. The van der Waals surface area contributed by atoms with Crippen LogP contribution in [0.2, 0.25) is 0 Å². The average molecular weight is 455 g/mol. The standard InChI is InChI=1S/C21H17N3O7S/c1-11-3-4-14(5-12(11)2)22-19(25)9-23-20(26)18(32-21(23)27)7-13-6-16-17(31-10-30-16)8-15(13)24(28)29/h3-8H,9-10H2,1-2H3,(H,22,25)/b18-7-. The minimum absolute atomic E-state index is 0.0315. The topological polar surface area (TPSA) is 128 Å². The predicted molar refractivity (Wildman–Crippen MR) is 116 cm³/mol. The molecule has 2 aromatic carbocycles. The van der Waals surface area contributed by atoms with Crippen molar-refractivity contribution in [2.24, 2.45) is 0 Å². The van der Waals surface area contributed by atoms with Crippen LogP contribution in [0.5, 0.6) is 11.5 Å². The Kier molecular flexibility index (Phi) is 5.57. The molecule has 0 aromatic heterocycles. The van der Waals surface area contributed by atoms with Gasteiger partial charge in [-0.2, -0.15) is 0 Å². The summed E-state index contributed by atoms with van der Waals surface area (Å²) in [5, 5.41) is 13.4. The Morgan fingerprint density at radius 2 is 1.91 bits per heavy atom. The zero-order valence-corrected chi connectivity index (χ0v) is 17.9. The number of hydrogen-bond acceptors (Lipinski definition) is 8. The molecule has 0 radical (unpaired) electrons. The van der Waals surface area contributed by atoms with Crippen molar-refractivity contribution in [3.8, 4) is 11.5 Å². The number of hydrogen-bond donors (Lipinski definition) is 1. The summed E-state index contributed by atoms with van der Waals surface area (Å²) < 4.78 is 10.4. The summed E-state index contributed by atoms with van der Waals surface area (Å²) in [5.74, 6) is -0.716. The Morgan fingerprint density at radius 3 is 2.59 bits per heavy atom. The number of fused-ring (bicyclic) bond motifs is 1. The molecule has 0 unspecified atom stereocenters. The van der Waals surface area contributed by atoms with Gasteiger partial charge in [-0.05, 0) is 61.0 Å². The van der Waals surface area contributed by atoms with Gasteiger partial charge in [0.2, 0.25) is 12.7 Å². The van der Waals surface area contributed by atoms with Crippen molar-refractivity contribution < 1.29 is 28.8 Å². The van der Waals surface area contributed by atoms with Crippen molar-refractivity contribution in [1.82, 2.24) is 4.90 Å². The Bertz CT molecular complexity index is 1210. The lowest BCUT2D eigenvalue weighted by Gasteiger charge is -2.13. The fourth-order valence-electron chi connectivity index (χ4n) is 3.16. The Hall–Kier alpha value is -3.86. The summed E-state index contributed by atoms with van der Waals surface area (Å²) >= 11 is 0.607. The number of benzene rings is 2. The van der Waals surface area contributed by atoms with Gasteiger partial charge in [0.1, 0.15) is 6.54 Å². The summed E-state index contributed by atoms with van der Waals surface area (Å²) in [6, 6.07) is 7.95. The van der Waals surface area contributed by atoms with E-state index < -0.39 is 28.5 Å². The van der Waals surface area contributed by atoms with Crippen molar-refractivity contribution in [3.63, 3.8) is 0 Å². The number of nitrogens with one attached hydrogen (secondary N) is 1. The van der Waals surface area contributed by atoms with Crippen LogP contribution in [0.1, 0.15) is 16.7 Å². The second-order valence-electron chi connectivity index (χ2n) is 7.14. The van der Waals surface area contributed by atoms with E-state index in [0.717, 1.165) is 16.0 Å². The van der Waals surface area contributed by atoms with E-state index in [0.29, 0.717) is 23.2 Å². The third-order valence-electron chi connectivity index (χ3n) is 4.97. The molecule has 2 aromatic rings. The largest absolute Gasteiger partial charge is 0.454 e. The van der Waals surface area contributed by atoms with E-state index in [1.807, 2.05) is 19.9 Å². The summed E-state index contributed by atoms with van der Waals surface area (Å²) in [5.41, 5.74) is 2.40. The van der Waals surface area contributed by atoms with Gasteiger partial charge in [0.25, 0.3) is 16.8 Å². The van der Waals surface area contributed by atoms with Crippen LogP contribution in [0, 0.1) is 24.0 Å². The number of ether oxygens (including phenoxy) is 2. The molecule has 4 rings (SSSR count). The summed E-state index contributed by atoms with van der Waals surface area (Å²) in [7, 11) is 0. The normalized spacial score (nSPS) is 16.1. The fourth-order valence-corrected chi connectivity index (χ4v) is 3.99. The molecule has 10 nitrogen and oxygen atoms in total. The van der Waals surface area contributed by atoms with Crippen LogP contribution in [-0.4, -0.2) is 40.2 Å². The van der Waals surface area contributed by atoms with Gasteiger partial charge in [-0.3, -0.25) is 29.4 Å². The Morgan fingerprint density at radius 1 is 1.19 bits per heavy atom. The molecule has 1 saturated heterocycles. The summed E-state index contributed by atoms with van der Waals surface area (Å²) in [6.45, 7) is 3.31. The summed E-state index contributed by atoms with van der Waals surface area (Å²) in [4.78, 5) is 49.0. The van der Waals surface area contributed by atoms with Gasteiger partial charge in [0.15, 0.2) is 11.5 Å². The minimum atomic E-state index is -0.706. The molecule has 11 heteroatoms. The van der Waals surface area contributed by atoms with Crippen LogP contribution >= 0.6 is 11.8 Å². The molecule has 0 spiro atoms. The third kappa shape index (κ3) is 4.14. The molecule has 3 amide bonds. The molecule has 164 valence electrons. The molecule has 0 saturated carbocycles. The smallest absolute Gasteiger partial charge is 0.294 e. The van der Waals surface area contributed by atoms with Crippen LogP contribution in [0.25, 0.3) is 6.08 Å². The molecular weight excluding hydrogens is 438 g/mol. The summed E-state index contributed by atoms with van der Waals surface area (Å²) in [6.07, 6.45) is 1.24. The molecule has 1 fully saturated rings. The maximum atomic E-state index is 12.7. The highest BCUT2D eigenvalue weighted by Gasteiger charge is 2.37. The third-order valence-corrected chi connectivity index (χ3v) is 5.88. The number of aryl methyl sites for hydroxylation is 2. The van der Waals surface area contributed by atoms with Gasteiger partial charge < -0.3 is 14.8 Å². The van der Waals surface area contributed by atoms with Crippen LogP contribution in [0.3, 0.4) is 0 Å². The number of nitro groups is 1. The van der Waals surface area contributed by atoms with Gasteiger partial charge in [-0.25, -0.2) is 0 Å². The maximum absolute atomic E-state index is 12.7. The molecule has 1 N–H and O–H groups in total. The number of nitrogens with zero attached hydrogens (tertiary/aromatic N) is 2. The van der Waals surface area contributed by atoms with Crippen LogP contribution in [-0.2, 0) is 9.59 Å². The molecule has 2 aliphatic rings. The van der Waals surface area contributed by atoms with Crippen molar-refractivity contribution in [2.45, 2.75) is 13.8 Å². The number of carbonyl (C=O) groups is 3. The van der Waals surface area contributed by atoms with Crippen LogP contribution < -0.4 is 14.8 Å². The van der Waals surface area contributed by atoms with E-state index in [-0.39, 0.29) is 28.7 Å². The Labute approximate surface area is 186 Å². The number of rotatable bonds is 5. The first-order valence-electron chi connectivity index (χ1n) is 9.43. The van der Waals surface area contributed by atoms with Crippen LogP contribution in [0.15, 0.2) is 35.2 Å². The van der Waals surface area contributed by atoms with Gasteiger partial charge in [-0.1, -0.05) is 6.07 Å². The first-order chi connectivity index (χ1) is 15.2. The first kappa shape index (κ1) is 21.4. The lowest BCUT2D eigenvalue weighted by atomic mass is 10.1. The number of imide groups is 1. The second kappa shape index (κ2) is 8.35. The first-order valence-corrected chi connectivity index (χ1v) is 10.2. The molecule has 32 heavy (non-hydrogen) atoms. The van der Waals surface area contributed by atoms with Gasteiger partial charge >= 0.3 is 0 Å². The van der Waals surface area contributed by atoms with Crippen molar-refractivity contribution in [3.05, 3.63) is 62.0 Å². The van der Waals surface area contributed by atoms with E-state index in [2.05, 4.69) is 5.32 Å². The number of amides is 3. The highest BCUT2D eigenvalue weighted by atomic mass is 32.2. The van der Waals surface area contributed by atoms with E-state index >= 15 is 0 Å². The highest BCUT2D eigenvalue weighted by Crippen LogP contribution is 2.40. The monoisotopic (exact) mass is 455 g/mol. The van der Waals surface area contributed by atoms with E-state index in [1.54, 1.807) is 12.1 Å². The van der Waals surface area contributed by atoms with E-state index in [1.165, 1.54) is 18.2 Å². The van der Waals surface area contributed by atoms with Crippen LogP contribution in [0.4, 0.5) is 16.2 Å². The van der Waals surface area contributed by atoms with Gasteiger partial charge in [0.05, 0.1) is 21.5 Å². The molecule has 0 atom stereocenters. The number of nitro benzene ring substituents is 1. The zero-order chi connectivity index (χ0) is 23.0. The molecule has 2 aliphatic heterocycles. The quantitative estimate of drug-likeness (QED) is 0.411. The number of thioether (sulfide) groups is 1. The molecular formula is C21H17N3O7S. The molecule has 0 aliphatic carbocycles.